The zero-order chi connectivity index (χ0) is 25.3. The molecule has 10 nitrogen and oxygen atoms in total. The molecule has 4 rings (SSSR count). The number of hydrogen-bond donors (Lipinski definition) is 1. The topological polar surface area (TPSA) is 117 Å². The first kappa shape index (κ1) is 24.5. The molecule has 0 aliphatic rings. The Hall–Kier alpha value is -3.64. The standard InChI is InChI=1S/C23H23N5O5S2/c1-13-5-7-14(8-6-13)11-28-17-19(26(2)23(32)27(3)20(17)30)25-22(28)35-12-16(29)24-15-9-10-34-18(15)21(31)33-4/h5-10H,11-12H2,1-4H3,(H,24,29). The molecule has 182 valence electrons. The Bertz CT molecular complexity index is 1550. The molecule has 0 radical (unpaired) electrons. The number of thioether (sulfide) groups is 1. The van der Waals surface area contributed by atoms with Gasteiger partial charge in [-0.15, -0.1) is 11.3 Å². The maximum absolute atomic E-state index is 13.0. The van der Waals surface area contributed by atoms with Gasteiger partial charge in [0.1, 0.15) is 4.88 Å². The number of rotatable bonds is 7. The number of thiophene rings is 1. The highest BCUT2D eigenvalue weighted by Crippen LogP contribution is 2.26. The van der Waals surface area contributed by atoms with Crippen molar-refractivity contribution in [2.75, 3.05) is 18.2 Å². The highest BCUT2D eigenvalue weighted by molar-refractivity contribution is 7.99. The van der Waals surface area contributed by atoms with Gasteiger partial charge in [0.05, 0.1) is 25.1 Å². The number of carbonyl (C=O) groups excluding carboxylic acids is 2. The average molecular weight is 514 g/mol. The Morgan fingerprint density at radius 1 is 1.11 bits per heavy atom. The van der Waals surface area contributed by atoms with E-state index in [4.69, 9.17) is 4.74 Å². The number of anilines is 1. The number of nitrogens with zero attached hydrogens (tertiary/aromatic N) is 4. The number of fused-ring (bicyclic) bond motifs is 1. The Kier molecular flexibility index (Phi) is 6.94. The van der Waals surface area contributed by atoms with Crippen LogP contribution in [-0.4, -0.2) is 43.4 Å². The molecule has 0 bridgehead atoms. The van der Waals surface area contributed by atoms with Crippen molar-refractivity contribution in [3.63, 3.8) is 0 Å². The number of methoxy groups -OCH3 is 1. The van der Waals surface area contributed by atoms with Crippen LogP contribution < -0.4 is 16.6 Å². The summed E-state index contributed by atoms with van der Waals surface area (Å²) in [5, 5.41) is 4.83. The van der Waals surface area contributed by atoms with Gasteiger partial charge in [-0.1, -0.05) is 41.6 Å². The quantitative estimate of drug-likeness (QED) is 0.298. The second kappa shape index (κ2) is 9.92. The Balaban J connectivity index is 1.67. The summed E-state index contributed by atoms with van der Waals surface area (Å²) in [6, 6.07) is 9.50. The van der Waals surface area contributed by atoms with Crippen LogP contribution in [0.1, 0.15) is 20.8 Å². The van der Waals surface area contributed by atoms with E-state index >= 15 is 0 Å². The van der Waals surface area contributed by atoms with Crippen LogP contribution in [0, 0.1) is 6.92 Å². The van der Waals surface area contributed by atoms with Crippen LogP contribution in [0.2, 0.25) is 0 Å². The maximum Gasteiger partial charge on any atom is 0.350 e. The van der Waals surface area contributed by atoms with E-state index in [1.54, 1.807) is 23.1 Å². The molecule has 0 atom stereocenters. The van der Waals surface area contributed by atoms with Crippen molar-refractivity contribution in [2.24, 2.45) is 14.1 Å². The molecule has 1 aromatic carbocycles. The zero-order valence-corrected chi connectivity index (χ0v) is 21.2. The predicted octanol–water partition coefficient (Wildman–Crippen LogP) is 2.37. The van der Waals surface area contributed by atoms with E-state index in [-0.39, 0.29) is 22.8 Å². The molecule has 3 aromatic heterocycles. The van der Waals surface area contributed by atoms with Crippen molar-refractivity contribution < 1.29 is 14.3 Å². The fraction of sp³-hybridized carbons (Fsp3) is 0.261. The molecule has 1 N–H and O–H groups in total. The lowest BCUT2D eigenvalue weighted by atomic mass is 10.1. The first-order valence-electron chi connectivity index (χ1n) is 10.5. The molecule has 0 aliphatic heterocycles. The van der Waals surface area contributed by atoms with Gasteiger partial charge in [0.25, 0.3) is 5.56 Å². The summed E-state index contributed by atoms with van der Waals surface area (Å²) in [5.41, 5.74) is 2.01. The summed E-state index contributed by atoms with van der Waals surface area (Å²) in [6.45, 7) is 2.33. The van der Waals surface area contributed by atoms with Gasteiger partial charge in [0, 0.05) is 14.1 Å². The van der Waals surface area contributed by atoms with E-state index in [1.807, 2.05) is 31.2 Å². The van der Waals surface area contributed by atoms with Gasteiger partial charge < -0.3 is 14.6 Å². The van der Waals surface area contributed by atoms with E-state index in [9.17, 15) is 19.2 Å². The number of aromatic nitrogens is 4. The molecule has 0 fully saturated rings. The second-order valence-corrected chi connectivity index (χ2v) is 9.69. The molecule has 12 heteroatoms. The van der Waals surface area contributed by atoms with Crippen LogP contribution in [0.25, 0.3) is 11.2 Å². The van der Waals surface area contributed by atoms with Gasteiger partial charge in [0.2, 0.25) is 5.91 Å². The summed E-state index contributed by atoms with van der Waals surface area (Å²) < 4.78 is 8.83. The molecule has 0 aliphatic carbocycles. The zero-order valence-electron chi connectivity index (χ0n) is 19.5. The minimum Gasteiger partial charge on any atom is -0.465 e. The van der Waals surface area contributed by atoms with E-state index in [0.717, 1.165) is 27.5 Å². The van der Waals surface area contributed by atoms with Crippen molar-refractivity contribution in [2.45, 2.75) is 18.6 Å². The molecular formula is C23H23N5O5S2. The van der Waals surface area contributed by atoms with Crippen LogP contribution >= 0.6 is 23.1 Å². The first-order valence-corrected chi connectivity index (χ1v) is 12.4. The lowest BCUT2D eigenvalue weighted by Crippen LogP contribution is -2.37. The van der Waals surface area contributed by atoms with Crippen LogP contribution in [0.3, 0.4) is 0 Å². The van der Waals surface area contributed by atoms with Gasteiger partial charge in [0.15, 0.2) is 16.3 Å². The molecule has 0 saturated heterocycles. The lowest BCUT2D eigenvalue weighted by Gasteiger charge is -2.10. The number of imidazole rings is 1. The number of aryl methyl sites for hydroxylation is 2. The summed E-state index contributed by atoms with van der Waals surface area (Å²) in [6.07, 6.45) is 0. The number of benzene rings is 1. The van der Waals surface area contributed by atoms with Crippen molar-refractivity contribution in [3.05, 3.63) is 72.6 Å². The number of esters is 1. The van der Waals surface area contributed by atoms with Crippen LogP contribution in [-0.2, 0) is 30.2 Å². The Labute approximate surface area is 208 Å². The fourth-order valence-electron chi connectivity index (χ4n) is 3.53. The van der Waals surface area contributed by atoms with Gasteiger partial charge in [-0.05, 0) is 23.9 Å². The summed E-state index contributed by atoms with van der Waals surface area (Å²) in [7, 11) is 4.26. The second-order valence-electron chi connectivity index (χ2n) is 7.84. The highest BCUT2D eigenvalue weighted by atomic mass is 32.2. The third-order valence-corrected chi connectivity index (χ3v) is 7.29. The fourth-order valence-corrected chi connectivity index (χ4v) is 5.10. The summed E-state index contributed by atoms with van der Waals surface area (Å²) >= 11 is 2.31. The van der Waals surface area contributed by atoms with Crippen LogP contribution in [0.15, 0.2) is 50.5 Å². The predicted molar refractivity (Wildman–Crippen MR) is 136 cm³/mol. The van der Waals surface area contributed by atoms with E-state index < -0.39 is 17.2 Å². The van der Waals surface area contributed by atoms with Crippen LogP contribution in [0.4, 0.5) is 5.69 Å². The molecule has 0 spiro atoms. The minimum atomic E-state index is -0.528. The molecule has 0 unspecified atom stereocenters. The Morgan fingerprint density at radius 2 is 1.83 bits per heavy atom. The smallest absolute Gasteiger partial charge is 0.350 e. The van der Waals surface area contributed by atoms with E-state index in [2.05, 4.69) is 10.3 Å². The normalized spacial score (nSPS) is 11.1. The molecule has 0 saturated carbocycles. The van der Waals surface area contributed by atoms with Crippen LogP contribution in [0.5, 0.6) is 0 Å². The monoisotopic (exact) mass is 513 g/mol. The number of hydrogen-bond acceptors (Lipinski definition) is 8. The summed E-state index contributed by atoms with van der Waals surface area (Å²) in [4.78, 5) is 54.8. The lowest BCUT2D eigenvalue weighted by molar-refractivity contribution is -0.113. The van der Waals surface area contributed by atoms with E-state index in [0.29, 0.717) is 22.3 Å². The number of nitrogens with one attached hydrogen (secondary N) is 1. The molecular weight excluding hydrogens is 490 g/mol. The third-order valence-electron chi connectivity index (χ3n) is 5.42. The Morgan fingerprint density at radius 3 is 2.51 bits per heavy atom. The highest BCUT2D eigenvalue weighted by Gasteiger charge is 2.21. The van der Waals surface area contributed by atoms with Crippen molar-refractivity contribution in [3.8, 4) is 0 Å². The maximum atomic E-state index is 13.0. The first-order chi connectivity index (χ1) is 16.7. The van der Waals surface area contributed by atoms with E-state index in [1.165, 1.54) is 30.1 Å². The third kappa shape index (κ3) is 4.80. The number of carbonyl (C=O) groups is 2. The van der Waals surface area contributed by atoms with Crippen molar-refractivity contribution in [1.82, 2.24) is 18.7 Å². The van der Waals surface area contributed by atoms with Gasteiger partial charge in [-0.25, -0.2) is 14.6 Å². The molecule has 35 heavy (non-hydrogen) atoms. The van der Waals surface area contributed by atoms with Gasteiger partial charge in [-0.2, -0.15) is 0 Å². The van der Waals surface area contributed by atoms with Crippen molar-refractivity contribution in [1.29, 1.82) is 0 Å². The molecule has 4 aromatic rings. The largest absolute Gasteiger partial charge is 0.465 e. The molecule has 1 amide bonds. The van der Waals surface area contributed by atoms with Gasteiger partial charge >= 0.3 is 11.7 Å². The number of ether oxygens (including phenoxy) is 1. The number of amides is 1. The average Bonchev–Trinajstić information content (AvgIpc) is 3.45. The van der Waals surface area contributed by atoms with Crippen molar-refractivity contribution >= 4 is 51.8 Å². The SMILES string of the molecule is COC(=O)c1sccc1NC(=O)CSc1nc2c(c(=O)n(C)c(=O)n2C)n1Cc1ccc(C)cc1. The minimum absolute atomic E-state index is 0.0259. The molecule has 3 heterocycles. The summed E-state index contributed by atoms with van der Waals surface area (Å²) in [5.74, 6) is -0.907. The van der Waals surface area contributed by atoms with Gasteiger partial charge in [-0.3, -0.25) is 18.7 Å².